The first-order valence-electron chi connectivity index (χ1n) is 12.9. The maximum atomic E-state index is 13.8. The number of amides is 1. The van der Waals surface area contributed by atoms with Gasteiger partial charge >= 0.3 is 11.9 Å². The summed E-state index contributed by atoms with van der Waals surface area (Å²) < 4.78 is 18.3. The number of hydrogen-bond acceptors (Lipinski definition) is 7. The summed E-state index contributed by atoms with van der Waals surface area (Å²) in [7, 11) is 0. The van der Waals surface area contributed by atoms with Crippen molar-refractivity contribution in [2.24, 2.45) is 0 Å². The van der Waals surface area contributed by atoms with E-state index in [4.69, 9.17) is 14.2 Å². The molecule has 0 bridgehead atoms. The van der Waals surface area contributed by atoms with Gasteiger partial charge in [-0.3, -0.25) is 9.59 Å². The second-order valence-electron chi connectivity index (χ2n) is 8.84. The van der Waals surface area contributed by atoms with E-state index in [2.05, 4.69) is 5.32 Å². The molecule has 2 heterocycles. The molecule has 8 nitrogen and oxygen atoms in total. The monoisotopic (exact) mass is 526 g/mol. The summed E-state index contributed by atoms with van der Waals surface area (Å²) in [5.74, 6) is -1.01. The van der Waals surface area contributed by atoms with Gasteiger partial charge in [-0.1, -0.05) is 0 Å². The fraction of sp³-hybridized carbons (Fsp3) is 0.464. The molecule has 0 spiro atoms. The van der Waals surface area contributed by atoms with Crippen molar-refractivity contribution in [2.75, 3.05) is 25.1 Å². The zero-order valence-corrected chi connectivity index (χ0v) is 22.9. The van der Waals surface area contributed by atoms with Gasteiger partial charge < -0.3 is 24.1 Å². The van der Waals surface area contributed by atoms with E-state index in [1.807, 2.05) is 43.5 Å². The largest absolute Gasteiger partial charge is 0.494 e. The minimum atomic E-state index is -0.550. The Labute approximate surface area is 220 Å². The highest BCUT2D eigenvalue weighted by atomic mass is 32.1. The van der Waals surface area contributed by atoms with Crippen LogP contribution in [-0.2, 0) is 27.2 Å². The van der Waals surface area contributed by atoms with Crippen LogP contribution < -0.4 is 10.1 Å². The number of ether oxygens (including phenoxy) is 3. The third kappa shape index (κ3) is 4.97. The molecule has 9 heteroatoms. The van der Waals surface area contributed by atoms with Crippen LogP contribution in [0.4, 0.5) is 5.00 Å². The van der Waals surface area contributed by atoms with Gasteiger partial charge in [0.2, 0.25) is 0 Å². The summed E-state index contributed by atoms with van der Waals surface area (Å²) in [5.41, 5.74) is 3.20. The predicted octanol–water partition coefficient (Wildman–Crippen LogP) is 5.84. The van der Waals surface area contributed by atoms with E-state index in [-0.39, 0.29) is 30.7 Å². The molecule has 1 aromatic carbocycles. The molecule has 1 N–H and O–H groups in total. The van der Waals surface area contributed by atoms with Crippen molar-refractivity contribution in [3.8, 4) is 5.75 Å². The highest BCUT2D eigenvalue weighted by molar-refractivity contribution is 7.17. The van der Waals surface area contributed by atoms with E-state index in [0.717, 1.165) is 39.9 Å². The van der Waals surface area contributed by atoms with Gasteiger partial charge in [-0.25, -0.2) is 4.79 Å². The fourth-order valence-corrected chi connectivity index (χ4v) is 6.46. The lowest BCUT2D eigenvalue weighted by molar-refractivity contribution is -0.145. The van der Waals surface area contributed by atoms with E-state index in [1.165, 1.54) is 11.3 Å². The summed E-state index contributed by atoms with van der Waals surface area (Å²) in [6.07, 6.45) is 2.12. The zero-order valence-electron chi connectivity index (χ0n) is 22.1. The van der Waals surface area contributed by atoms with Crippen LogP contribution >= 0.6 is 11.3 Å². The van der Waals surface area contributed by atoms with E-state index in [0.29, 0.717) is 35.8 Å². The minimum absolute atomic E-state index is 0.187. The lowest BCUT2D eigenvalue weighted by Gasteiger charge is -2.22. The Morgan fingerprint density at radius 3 is 2.51 bits per heavy atom. The summed E-state index contributed by atoms with van der Waals surface area (Å²) in [6, 6.07) is 5.82. The average molecular weight is 527 g/mol. The zero-order chi connectivity index (χ0) is 26.7. The molecular formula is C28H34N2O6S. The van der Waals surface area contributed by atoms with Crippen LogP contribution in [0.3, 0.4) is 0 Å². The number of carbonyl (C=O) groups excluding carboxylic acids is 3. The summed E-state index contributed by atoms with van der Waals surface area (Å²) in [5, 5.41) is 4.36. The Balaban J connectivity index is 1.79. The Bertz CT molecular complexity index is 1340. The number of aryl methyl sites for hydroxylation is 3. The molecule has 0 fully saturated rings. The average Bonchev–Trinajstić information content (AvgIpc) is 3.38. The molecule has 1 unspecified atom stereocenters. The van der Waals surface area contributed by atoms with Crippen LogP contribution in [0.2, 0.25) is 0 Å². The van der Waals surface area contributed by atoms with Crippen LogP contribution in [0.25, 0.3) is 10.9 Å². The number of hydrogen-bond donors (Lipinski definition) is 1. The van der Waals surface area contributed by atoms with Gasteiger partial charge in [-0.05, 0) is 83.2 Å². The molecule has 1 aliphatic rings. The van der Waals surface area contributed by atoms with Crippen molar-refractivity contribution in [1.29, 1.82) is 0 Å². The molecule has 3 aromatic rings. The van der Waals surface area contributed by atoms with Gasteiger partial charge in [0.1, 0.15) is 16.4 Å². The van der Waals surface area contributed by atoms with Crippen molar-refractivity contribution in [1.82, 2.24) is 4.57 Å². The van der Waals surface area contributed by atoms with Gasteiger partial charge in [-0.15, -0.1) is 11.3 Å². The third-order valence-corrected chi connectivity index (χ3v) is 7.86. The molecule has 1 atom stereocenters. The molecule has 2 aromatic heterocycles. The number of fused-ring (bicyclic) bond motifs is 2. The number of nitrogens with zero attached hydrogens (tertiary/aromatic N) is 1. The van der Waals surface area contributed by atoms with Crippen LogP contribution in [-0.4, -0.2) is 42.2 Å². The molecule has 0 radical (unpaired) electrons. The Morgan fingerprint density at radius 1 is 1.08 bits per heavy atom. The number of aromatic nitrogens is 1. The van der Waals surface area contributed by atoms with E-state index >= 15 is 0 Å². The number of nitrogens with one attached hydrogen (secondary N) is 1. The maximum absolute atomic E-state index is 13.8. The van der Waals surface area contributed by atoms with Crippen molar-refractivity contribution in [3.05, 3.63) is 45.5 Å². The molecule has 0 aliphatic heterocycles. The lowest BCUT2D eigenvalue weighted by atomic mass is 9.85. The Hall–Kier alpha value is -3.33. The van der Waals surface area contributed by atoms with E-state index in [9.17, 15) is 14.4 Å². The van der Waals surface area contributed by atoms with Crippen molar-refractivity contribution in [2.45, 2.75) is 66.3 Å². The Kier molecular flexibility index (Phi) is 8.22. The van der Waals surface area contributed by atoms with Crippen LogP contribution in [0, 0.1) is 6.92 Å². The number of anilines is 1. The third-order valence-electron chi connectivity index (χ3n) is 6.68. The van der Waals surface area contributed by atoms with Crippen molar-refractivity contribution < 1.29 is 28.6 Å². The maximum Gasteiger partial charge on any atom is 0.341 e. The highest BCUT2D eigenvalue weighted by Crippen LogP contribution is 2.45. The lowest BCUT2D eigenvalue weighted by Crippen LogP contribution is -2.23. The van der Waals surface area contributed by atoms with E-state index in [1.54, 1.807) is 13.8 Å². The molecular weight excluding hydrogens is 492 g/mol. The number of carbonyl (C=O) groups is 3. The first-order valence-corrected chi connectivity index (χ1v) is 13.7. The molecule has 1 aliphatic carbocycles. The first kappa shape index (κ1) is 26.7. The number of benzene rings is 1. The van der Waals surface area contributed by atoms with Crippen LogP contribution in [0.5, 0.6) is 5.75 Å². The Morgan fingerprint density at radius 2 is 1.84 bits per heavy atom. The van der Waals surface area contributed by atoms with Gasteiger partial charge in [-0.2, -0.15) is 0 Å². The van der Waals surface area contributed by atoms with Crippen molar-refractivity contribution in [3.63, 3.8) is 0 Å². The van der Waals surface area contributed by atoms with Gasteiger partial charge in [0.25, 0.3) is 5.91 Å². The molecule has 0 saturated heterocycles. The summed E-state index contributed by atoms with van der Waals surface area (Å²) >= 11 is 1.34. The van der Waals surface area contributed by atoms with Crippen molar-refractivity contribution >= 4 is 45.1 Å². The summed E-state index contributed by atoms with van der Waals surface area (Å²) in [6.45, 7) is 10.9. The molecule has 1 amide bonds. The smallest absolute Gasteiger partial charge is 0.341 e. The molecule has 198 valence electrons. The molecule has 0 saturated carbocycles. The second kappa shape index (κ2) is 11.4. The predicted molar refractivity (Wildman–Crippen MR) is 144 cm³/mol. The quantitative estimate of drug-likeness (QED) is 0.352. The minimum Gasteiger partial charge on any atom is -0.494 e. The number of rotatable bonds is 9. The van der Waals surface area contributed by atoms with Crippen LogP contribution in [0.1, 0.15) is 83.3 Å². The fourth-order valence-electron chi connectivity index (χ4n) is 5.17. The van der Waals surface area contributed by atoms with Gasteiger partial charge in [0, 0.05) is 22.3 Å². The number of thiophene rings is 1. The van der Waals surface area contributed by atoms with Gasteiger partial charge in [0.15, 0.2) is 0 Å². The molecule has 4 rings (SSSR count). The summed E-state index contributed by atoms with van der Waals surface area (Å²) in [4.78, 5) is 40.6. The topological polar surface area (TPSA) is 95.9 Å². The van der Waals surface area contributed by atoms with E-state index < -0.39 is 11.9 Å². The SMILES string of the molecule is CCOC(=O)c1c(NC(=O)c2c(C)c3cc(OCC)ccc3n2CC)sc2c1C(C(=O)OCC)CCC2. The molecule has 37 heavy (non-hydrogen) atoms. The second-order valence-corrected chi connectivity index (χ2v) is 9.95. The standard InChI is InChI=1S/C28H34N2O6S/c1-6-30-20-14-13-17(34-7-2)15-19(20)16(5)24(30)25(31)29-26-23(28(33)36-9-4)22-18(27(32)35-8-3)11-10-12-21(22)37-26/h13-15,18H,6-12H2,1-5H3,(H,29,31). The first-order chi connectivity index (χ1) is 17.9. The van der Waals surface area contributed by atoms with Crippen LogP contribution in [0.15, 0.2) is 18.2 Å². The highest BCUT2D eigenvalue weighted by Gasteiger charge is 2.37. The normalized spacial score (nSPS) is 14.8. The van der Waals surface area contributed by atoms with Gasteiger partial charge in [0.05, 0.1) is 31.3 Å². The number of esters is 2.